The minimum atomic E-state index is -0.138. The molecule has 144 valence electrons. The molecule has 0 aromatic rings. The van der Waals surface area contributed by atoms with Crippen molar-refractivity contribution in [3.8, 4) is 0 Å². The predicted octanol–water partition coefficient (Wildman–Crippen LogP) is 7.20. The molecular weight excluding hydrogens is 364 g/mol. The van der Waals surface area contributed by atoms with Crippen molar-refractivity contribution in [1.29, 1.82) is 0 Å². The summed E-state index contributed by atoms with van der Waals surface area (Å²) in [6.45, 7) is 2.66. The van der Waals surface area contributed by atoms with Gasteiger partial charge in [-0.05, 0) is 37.0 Å². The first-order valence-electron chi connectivity index (χ1n) is 9.95. The lowest BCUT2D eigenvalue weighted by Gasteiger charge is -2.15. The van der Waals surface area contributed by atoms with Crippen LogP contribution in [-0.2, 0) is 4.74 Å². The summed E-state index contributed by atoms with van der Waals surface area (Å²) >= 11 is 6.52. The number of hydrogen-bond acceptors (Lipinski definition) is 1. The third kappa shape index (κ3) is 6.02. The van der Waals surface area contributed by atoms with Gasteiger partial charge in [-0.2, -0.15) is 0 Å². The van der Waals surface area contributed by atoms with E-state index in [9.17, 15) is 0 Å². The van der Waals surface area contributed by atoms with Crippen LogP contribution in [0.4, 0.5) is 0 Å². The zero-order valence-corrected chi connectivity index (χ0v) is 17.2. The third-order valence-electron chi connectivity index (χ3n) is 4.81. The molecule has 0 bridgehead atoms. The molecule has 28 heavy (non-hydrogen) atoms. The highest BCUT2D eigenvalue weighted by atomic mass is 35.5. The van der Waals surface area contributed by atoms with E-state index in [1.807, 2.05) is 24.3 Å². The molecule has 0 N–H and O–H groups in total. The van der Waals surface area contributed by atoms with Gasteiger partial charge in [0.2, 0.25) is 0 Å². The minimum Gasteiger partial charge on any atom is -0.493 e. The van der Waals surface area contributed by atoms with Crippen LogP contribution in [0, 0.1) is 0 Å². The summed E-state index contributed by atoms with van der Waals surface area (Å²) in [6.07, 6.45) is 31.0. The lowest BCUT2D eigenvalue weighted by atomic mass is 9.98. The molecule has 0 aromatic carbocycles. The van der Waals surface area contributed by atoms with Crippen LogP contribution < -0.4 is 0 Å². The molecule has 0 aromatic heterocycles. The average molecular weight is 391 g/mol. The summed E-state index contributed by atoms with van der Waals surface area (Å²) in [7, 11) is 0. The normalized spacial score (nSPS) is 23.8. The number of halogens is 1. The SMILES string of the molecule is CC/C1=C/C(Cl)C=C(OCC2=CC=CC=C=C2C2=CCC=CC=C2)CC=CC1. The smallest absolute Gasteiger partial charge is 0.114 e. The Kier molecular flexibility index (Phi) is 7.79. The van der Waals surface area contributed by atoms with Crippen molar-refractivity contribution in [2.24, 2.45) is 0 Å². The van der Waals surface area contributed by atoms with Crippen molar-refractivity contribution in [3.05, 3.63) is 113 Å². The van der Waals surface area contributed by atoms with Crippen LogP contribution >= 0.6 is 11.6 Å². The van der Waals surface area contributed by atoms with Crippen LogP contribution in [0.2, 0.25) is 0 Å². The van der Waals surface area contributed by atoms with Gasteiger partial charge in [0, 0.05) is 17.6 Å². The second kappa shape index (κ2) is 10.8. The van der Waals surface area contributed by atoms with E-state index < -0.39 is 0 Å². The van der Waals surface area contributed by atoms with Crippen LogP contribution in [0.5, 0.6) is 0 Å². The Morgan fingerprint density at radius 2 is 1.96 bits per heavy atom. The molecule has 0 spiro atoms. The van der Waals surface area contributed by atoms with Crippen molar-refractivity contribution < 1.29 is 4.74 Å². The molecule has 0 radical (unpaired) electrons. The van der Waals surface area contributed by atoms with Gasteiger partial charge < -0.3 is 4.74 Å². The number of rotatable bonds is 5. The molecule has 2 heteroatoms. The maximum absolute atomic E-state index is 6.52. The standard InChI is InChI=1S/C26H27ClO/c1-2-21-12-10-11-16-25(19-24(27)18-21)28-20-23-15-8-5-9-17-26(23)22-13-6-3-4-7-14-22/h3-6,8-11,13-15,18-19,24H,2,7,12,16,20H2,1H3/b11-10?,21-18-,25-19?. The fourth-order valence-electron chi connectivity index (χ4n) is 3.25. The molecule has 3 rings (SSSR count). The molecule has 0 saturated heterocycles. The number of hydrogen-bond donors (Lipinski definition) is 0. The van der Waals surface area contributed by atoms with Gasteiger partial charge >= 0.3 is 0 Å². The van der Waals surface area contributed by atoms with E-state index in [1.165, 1.54) is 11.1 Å². The summed E-state index contributed by atoms with van der Waals surface area (Å²) in [4.78, 5) is 0. The summed E-state index contributed by atoms with van der Waals surface area (Å²) in [5, 5.41) is -0.138. The van der Waals surface area contributed by atoms with Gasteiger partial charge in [-0.1, -0.05) is 79.3 Å². The Labute approximate surface area is 173 Å². The predicted molar refractivity (Wildman–Crippen MR) is 120 cm³/mol. The first-order valence-corrected chi connectivity index (χ1v) is 10.4. The average Bonchev–Trinajstić information content (AvgIpc) is 3.07. The maximum atomic E-state index is 6.52. The van der Waals surface area contributed by atoms with Gasteiger partial charge in [-0.25, -0.2) is 0 Å². The van der Waals surface area contributed by atoms with Gasteiger partial charge in [-0.3, -0.25) is 0 Å². The van der Waals surface area contributed by atoms with E-state index >= 15 is 0 Å². The van der Waals surface area contributed by atoms with Crippen molar-refractivity contribution in [2.45, 2.75) is 38.0 Å². The lowest BCUT2D eigenvalue weighted by molar-refractivity contribution is 0.235. The van der Waals surface area contributed by atoms with Crippen LogP contribution in [0.25, 0.3) is 0 Å². The topological polar surface area (TPSA) is 9.23 Å². The van der Waals surface area contributed by atoms with Gasteiger partial charge in [0.05, 0.1) is 11.1 Å². The highest BCUT2D eigenvalue weighted by molar-refractivity contribution is 6.23. The first kappa shape index (κ1) is 20.3. The molecule has 3 aliphatic rings. The van der Waals surface area contributed by atoms with Crippen molar-refractivity contribution >= 4 is 11.6 Å². The first-order chi connectivity index (χ1) is 13.8. The monoisotopic (exact) mass is 390 g/mol. The summed E-state index contributed by atoms with van der Waals surface area (Å²) in [6, 6.07) is 0. The van der Waals surface area contributed by atoms with Gasteiger partial charge in [0.15, 0.2) is 0 Å². The second-order valence-electron chi connectivity index (χ2n) is 6.87. The lowest BCUT2D eigenvalue weighted by Crippen LogP contribution is -2.04. The molecule has 0 aliphatic heterocycles. The number of alkyl halides is 1. The highest BCUT2D eigenvalue weighted by Crippen LogP contribution is 2.25. The molecule has 1 atom stereocenters. The molecule has 0 heterocycles. The zero-order chi connectivity index (χ0) is 19.6. The van der Waals surface area contributed by atoms with Crippen LogP contribution in [-0.4, -0.2) is 12.0 Å². The Morgan fingerprint density at radius 1 is 1.07 bits per heavy atom. The summed E-state index contributed by atoms with van der Waals surface area (Å²) in [5.41, 5.74) is 8.15. The fourth-order valence-corrected chi connectivity index (χ4v) is 3.57. The zero-order valence-electron chi connectivity index (χ0n) is 16.4. The van der Waals surface area contributed by atoms with Crippen LogP contribution in [0.15, 0.2) is 113 Å². The van der Waals surface area contributed by atoms with Gasteiger partial charge in [-0.15, -0.1) is 17.3 Å². The van der Waals surface area contributed by atoms with Crippen LogP contribution in [0.1, 0.15) is 32.6 Å². The molecule has 0 amide bonds. The quantitative estimate of drug-likeness (QED) is 0.274. The van der Waals surface area contributed by atoms with E-state index in [1.54, 1.807) is 0 Å². The Morgan fingerprint density at radius 3 is 2.86 bits per heavy atom. The number of ether oxygens (including phenoxy) is 1. The van der Waals surface area contributed by atoms with E-state index in [0.717, 1.165) is 42.6 Å². The van der Waals surface area contributed by atoms with E-state index in [0.29, 0.717) is 6.61 Å². The molecule has 1 nitrogen and oxygen atoms in total. The van der Waals surface area contributed by atoms with Crippen molar-refractivity contribution in [3.63, 3.8) is 0 Å². The largest absolute Gasteiger partial charge is 0.493 e. The molecule has 0 saturated carbocycles. The molecule has 1 unspecified atom stereocenters. The van der Waals surface area contributed by atoms with Crippen molar-refractivity contribution in [2.75, 3.05) is 6.61 Å². The second-order valence-corrected chi connectivity index (χ2v) is 7.37. The van der Waals surface area contributed by atoms with Gasteiger partial charge in [0.1, 0.15) is 6.61 Å². The van der Waals surface area contributed by atoms with E-state index in [2.05, 4.69) is 67.3 Å². The van der Waals surface area contributed by atoms with Crippen molar-refractivity contribution in [1.82, 2.24) is 0 Å². The van der Waals surface area contributed by atoms with Crippen LogP contribution in [0.3, 0.4) is 0 Å². The van der Waals surface area contributed by atoms with Gasteiger partial charge in [0.25, 0.3) is 0 Å². The number of allylic oxidation sites excluding steroid dienone is 14. The van der Waals surface area contributed by atoms with E-state index in [4.69, 9.17) is 16.3 Å². The summed E-state index contributed by atoms with van der Waals surface area (Å²) < 4.78 is 6.21. The molecule has 3 aliphatic carbocycles. The highest BCUT2D eigenvalue weighted by Gasteiger charge is 2.12. The fraction of sp³-hybridized carbons (Fsp3) is 0.269. The third-order valence-corrected chi connectivity index (χ3v) is 5.06. The Hall–Kier alpha value is -2.47. The Bertz CT molecular complexity index is 877. The maximum Gasteiger partial charge on any atom is 0.114 e. The minimum absolute atomic E-state index is 0.138. The Balaban J connectivity index is 1.76. The summed E-state index contributed by atoms with van der Waals surface area (Å²) in [5.74, 6) is 0.911. The van der Waals surface area contributed by atoms with E-state index in [-0.39, 0.29) is 5.38 Å². The molecular formula is C26H27ClO. The molecule has 0 fully saturated rings.